The normalized spacial score (nSPS) is 13.3. The van der Waals surface area contributed by atoms with Gasteiger partial charge < -0.3 is 19.4 Å². The molecular weight excluding hydrogens is 332 g/mol. The van der Waals surface area contributed by atoms with Crippen molar-refractivity contribution < 1.29 is 9.47 Å². The average molecular weight is 351 g/mol. The van der Waals surface area contributed by atoms with Crippen LogP contribution in [-0.4, -0.2) is 17.8 Å². The van der Waals surface area contributed by atoms with Crippen LogP contribution in [0.15, 0.2) is 22.7 Å². The molecule has 1 aromatic carbocycles. The van der Waals surface area contributed by atoms with Crippen LogP contribution in [0, 0.1) is 13.8 Å². The molecule has 112 valence electrons. The van der Waals surface area contributed by atoms with Crippen LogP contribution in [0.4, 0.5) is 5.69 Å². The van der Waals surface area contributed by atoms with E-state index in [0.717, 1.165) is 28.2 Å². The summed E-state index contributed by atoms with van der Waals surface area (Å²) in [4.78, 5) is 0. The first-order valence-electron chi connectivity index (χ1n) is 7.01. The summed E-state index contributed by atoms with van der Waals surface area (Å²) in [7, 11) is 2.09. The van der Waals surface area contributed by atoms with Gasteiger partial charge in [-0.2, -0.15) is 0 Å². The molecule has 1 aromatic heterocycles. The summed E-state index contributed by atoms with van der Waals surface area (Å²) < 4.78 is 14.4. The van der Waals surface area contributed by atoms with E-state index in [9.17, 15) is 0 Å². The van der Waals surface area contributed by atoms with Gasteiger partial charge in [0.15, 0.2) is 11.5 Å². The maximum absolute atomic E-state index is 5.63. The molecule has 0 atom stereocenters. The van der Waals surface area contributed by atoms with Crippen molar-refractivity contribution >= 4 is 21.6 Å². The number of anilines is 1. The fourth-order valence-corrected chi connectivity index (χ4v) is 2.96. The van der Waals surface area contributed by atoms with Crippen LogP contribution >= 0.6 is 15.9 Å². The summed E-state index contributed by atoms with van der Waals surface area (Å²) in [6.07, 6.45) is 0. The van der Waals surface area contributed by atoms with E-state index in [-0.39, 0.29) is 0 Å². The first-order chi connectivity index (χ1) is 10.1. The molecule has 2 heterocycles. The lowest BCUT2D eigenvalue weighted by atomic mass is 10.2. The fraction of sp³-hybridized carbons (Fsp3) is 0.375. The van der Waals surface area contributed by atoms with Crippen LogP contribution in [0.2, 0.25) is 0 Å². The molecule has 0 amide bonds. The Hall–Kier alpha value is -1.62. The number of fused-ring (bicyclic) bond motifs is 1. The number of aromatic nitrogens is 1. The molecule has 1 aliphatic rings. The first kappa shape index (κ1) is 14.3. The Balaban J connectivity index is 1.80. The third-order valence-corrected chi connectivity index (χ3v) is 4.64. The predicted octanol–water partition coefficient (Wildman–Crippen LogP) is 3.79. The Kier molecular flexibility index (Phi) is 3.85. The zero-order valence-corrected chi connectivity index (χ0v) is 14.1. The Morgan fingerprint density at radius 3 is 2.43 bits per heavy atom. The van der Waals surface area contributed by atoms with Crippen LogP contribution in [0.1, 0.15) is 17.0 Å². The summed E-state index contributed by atoms with van der Waals surface area (Å²) in [6, 6.07) is 6.16. The van der Waals surface area contributed by atoms with Gasteiger partial charge >= 0.3 is 0 Å². The highest BCUT2D eigenvalue weighted by Gasteiger charge is 2.15. The molecule has 4 nitrogen and oxygen atoms in total. The lowest BCUT2D eigenvalue weighted by molar-refractivity contribution is 0.171. The number of benzene rings is 1. The standard InChI is InChI=1S/C16H19BrN2O2/c1-10-6-12(11(2)19(10)3)9-18-14-8-16-15(7-13(14)17)20-4-5-21-16/h6-8,18H,4-5,9H2,1-3H3. The molecule has 21 heavy (non-hydrogen) atoms. The molecule has 0 bridgehead atoms. The van der Waals surface area contributed by atoms with Crippen LogP contribution < -0.4 is 14.8 Å². The van der Waals surface area contributed by atoms with E-state index in [1.165, 1.54) is 17.0 Å². The number of halogens is 1. The minimum absolute atomic E-state index is 0.602. The van der Waals surface area contributed by atoms with Gasteiger partial charge in [-0.1, -0.05) is 0 Å². The summed E-state index contributed by atoms with van der Waals surface area (Å²) in [6.45, 7) is 6.25. The number of hydrogen-bond donors (Lipinski definition) is 1. The fourth-order valence-electron chi connectivity index (χ4n) is 2.50. The van der Waals surface area contributed by atoms with Crippen LogP contribution in [0.25, 0.3) is 0 Å². The van der Waals surface area contributed by atoms with Crippen molar-refractivity contribution in [2.45, 2.75) is 20.4 Å². The highest BCUT2D eigenvalue weighted by atomic mass is 79.9. The topological polar surface area (TPSA) is 35.4 Å². The van der Waals surface area contributed by atoms with Gasteiger partial charge in [0, 0.05) is 41.6 Å². The van der Waals surface area contributed by atoms with E-state index in [1.807, 2.05) is 12.1 Å². The quantitative estimate of drug-likeness (QED) is 0.914. The van der Waals surface area contributed by atoms with E-state index in [0.29, 0.717) is 13.2 Å². The highest BCUT2D eigenvalue weighted by molar-refractivity contribution is 9.10. The van der Waals surface area contributed by atoms with Gasteiger partial charge in [-0.25, -0.2) is 0 Å². The Morgan fingerprint density at radius 1 is 1.14 bits per heavy atom. The van der Waals surface area contributed by atoms with E-state index in [1.54, 1.807) is 0 Å². The second kappa shape index (κ2) is 5.64. The molecule has 5 heteroatoms. The van der Waals surface area contributed by atoms with Crippen LogP contribution in [0.3, 0.4) is 0 Å². The van der Waals surface area contributed by atoms with Gasteiger partial charge in [0.25, 0.3) is 0 Å². The molecule has 0 unspecified atom stereocenters. The van der Waals surface area contributed by atoms with Gasteiger partial charge in [0.1, 0.15) is 13.2 Å². The smallest absolute Gasteiger partial charge is 0.163 e. The molecule has 0 spiro atoms. The van der Waals surface area contributed by atoms with E-state index < -0.39 is 0 Å². The summed E-state index contributed by atoms with van der Waals surface area (Å²) in [5, 5.41) is 3.46. The maximum atomic E-state index is 5.63. The monoisotopic (exact) mass is 350 g/mol. The molecule has 0 fully saturated rings. The largest absolute Gasteiger partial charge is 0.486 e. The van der Waals surface area contributed by atoms with Crippen molar-refractivity contribution in [1.82, 2.24) is 4.57 Å². The van der Waals surface area contributed by atoms with Crippen molar-refractivity contribution in [3.05, 3.63) is 39.6 Å². The lowest BCUT2D eigenvalue weighted by Gasteiger charge is -2.20. The SMILES string of the molecule is Cc1cc(CNc2cc3c(cc2Br)OCCO3)c(C)n1C. The first-order valence-corrected chi connectivity index (χ1v) is 7.80. The van der Waals surface area contributed by atoms with Crippen molar-refractivity contribution in [3.8, 4) is 11.5 Å². The molecular formula is C16H19BrN2O2. The molecule has 0 radical (unpaired) electrons. The van der Waals surface area contributed by atoms with Crippen molar-refractivity contribution in [3.63, 3.8) is 0 Å². The lowest BCUT2D eigenvalue weighted by Crippen LogP contribution is -2.15. The van der Waals surface area contributed by atoms with Crippen LogP contribution in [0.5, 0.6) is 11.5 Å². The number of rotatable bonds is 3. The minimum Gasteiger partial charge on any atom is -0.486 e. The molecule has 1 aliphatic heterocycles. The van der Waals surface area contributed by atoms with Gasteiger partial charge in [-0.05, 0) is 41.4 Å². The Labute approximate surface area is 133 Å². The van der Waals surface area contributed by atoms with Gasteiger partial charge in [0.05, 0.1) is 5.69 Å². The predicted molar refractivity (Wildman–Crippen MR) is 87.3 cm³/mol. The highest BCUT2D eigenvalue weighted by Crippen LogP contribution is 2.38. The summed E-state index contributed by atoms with van der Waals surface area (Å²) in [5.74, 6) is 1.60. The van der Waals surface area contributed by atoms with Gasteiger partial charge in [0.2, 0.25) is 0 Å². The van der Waals surface area contributed by atoms with E-state index >= 15 is 0 Å². The minimum atomic E-state index is 0.602. The molecule has 0 saturated carbocycles. The van der Waals surface area contributed by atoms with E-state index in [4.69, 9.17) is 9.47 Å². The summed E-state index contributed by atoms with van der Waals surface area (Å²) in [5.41, 5.74) is 4.87. The van der Waals surface area contributed by atoms with Crippen molar-refractivity contribution in [2.24, 2.45) is 7.05 Å². The average Bonchev–Trinajstić information content (AvgIpc) is 2.72. The maximum Gasteiger partial charge on any atom is 0.163 e. The second-order valence-electron chi connectivity index (χ2n) is 5.28. The van der Waals surface area contributed by atoms with Gasteiger partial charge in [-0.3, -0.25) is 0 Å². The number of nitrogens with one attached hydrogen (secondary N) is 1. The number of ether oxygens (including phenoxy) is 2. The molecule has 1 N–H and O–H groups in total. The Morgan fingerprint density at radius 2 is 1.81 bits per heavy atom. The third kappa shape index (κ3) is 2.75. The number of hydrogen-bond acceptors (Lipinski definition) is 3. The molecule has 0 saturated heterocycles. The summed E-state index contributed by atoms with van der Waals surface area (Å²) >= 11 is 3.58. The third-order valence-electron chi connectivity index (χ3n) is 3.98. The van der Waals surface area contributed by atoms with Gasteiger partial charge in [-0.15, -0.1) is 0 Å². The number of nitrogens with zero attached hydrogens (tertiary/aromatic N) is 1. The molecule has 3 rings (SSSR count). The van der Waals surface area contributed by atoms with E-state index in [2.05, 4.69) is 52.8 Å². The van der Waals surface area contributed by atoms with Crippen LogP contribution in [-0.2, 0) is 13.6 Å². The number of aryl methyl sites for hydroxylation is 1. The molecule has 0 aliphatic carbocycles. The molecule has 2 aromatic rings. The zero-order chi connectivity index (χ0) is 15.0. The second-order valence-corrected chi connectivity index (χ2v) is 6.14. The van der Waals surface area contributed by atoms with Crippen molar-refractivity contribution in [2.75, 3.05) is 18.5 Å². The van der Waals surface area contributed by atoms with Crippen molar-refractivity contribution in [1.29, 1.82) is 0 Å². The zero-order valence-electron chi connectivity index (χ0n) is 12.5. The Bertz CT molecular complexity index is 679.